The molecule has 174 valence electrons. The number of hydrogen-bond donors (Lipinski definition) is 0. The van der Waals surface area contributed by atoms with Gasteiger partial charge in [0.1, 0.15) is 5.75 Å². The van der Waals surface area contributed by atoms with Gasteiger partial charge in [-0.15, -0.1) is 0 Å². The van der Waals surface area contributed by atoms with Crippen molar-refractivity contribution < 1.29 is 17.9 Å². The van der Waals surface area contributed by atoms with Gasteiger partial charge >= 0.3 is 0 Å². The summed E-state index contributed by atoms with van der Waals surface area (Å²) < 4.78 is 32.8. The van der Waals surface area contributed by atoms with Crippen molar-refractivity contribution in [2.75, 3.05) is 45.9 Å². The Morgan fingerprint density at radius 2 is 1.75 bits per heavy atom. The predicted molar refractivity (Wildman–Crippen MR) is 125 cm³/mol. The van der Waals surface area contributed by atoms with Crippen LogP contribution in [-0.4, -0.2) is 74.3 Å². The molecular weight excluding hydrogens is 450 g/mol. The maximum absolute atomic E-state index is 13.1. The van der Waals surface area contributed by atoms with E-state index in [-0.39, 0.29) is 28.9 Å². The molecule has 1 fully saturated rings. The molecule has 1 amide bonds. The molecule has 0 saturated carbocycles. The Morgan fingerprint density at radius 3 is 2.34 bits per heavy atom. The van der Waals surface area contributed by atoms with E-state index in [9.17, 15) is 13.2 Å². The van der Waals surface area contributed by atoms with Crippen molar-refractivity contribution in [3.8, 4) is 5.75 Å². The first kappa shape index (κ1) is 24.5. The average molecular weight is 480 g/mol. The van der Waals surface area contributed by atoms with Gasteiger partial charge in [-0.25, -0.2) is 8.42 Å². The van der Waals surface area contributed by atoms with Crippen LogP contribution in [0.5, 0.6) is 5.75 Å². The molecule has 0 unspecified atom stereocenters. The topological polar surface area (TPSA) is 70.2 Å². The maximum atomic E-state index is 13.1. The zero-order chi connectivity index (χ0) is 23.1. The number of halogens is 1. The Kier molecular flexibility index (Phi) is 8.53. The van der Waals surface area contributed by atoms with Crippen LogP contribution in [0.25, 0.3) is 0 Å². The van der Waals surface area contributed by atoms with Crippen LogP contribution in [0.2, 0.25) is 5.02 Å². The molecule has 1 aliphatic heterocycles. The Bertz CT molecular complexity index is 1010. The van der Waals surface area contributed by atoms with E-state index in [0.717, 1.165) is 19.6 Å². The lowest BCUT2D eigenvalue weighted by Gasteiger charge is -2.35. The molecule has 0 spiro atoms. The standard InChI is InChI=1S/C23H30ClN3O4S/c1-3-27(32(29,30)20-10-11-22(31-4-2)21(24)16-20)18-23(28)26-14-12-25(13-15-26)17-19-8-6-5-7-9-19/h5-11,16H,3-4,12-15,17-18H2,1-2H3. The minimum Gasteiger partial charge on any atom is -0.492 e. The van der Waals surface area contributed by atoms with Gasteiger partial charge in [-0.05, 0) is 30.7 Å². The number of benzene rings is 2. The van der Waals surface area contributed by atoms with E-state index < -0.39 is 10.0 Å². The van der Waals surface area contributed by atoms with Crippen LogP contribution in [0.4, 0.5) is 0 Å². The normalized spacial score (nSPS) is 15.2. The number of piperazine rings is 1. The molecule has 1 aliphatic rings. The lowest BCUT2D eigenvalue weighted by atomic mass is 10.2. The zero-order valence-electron chi connectivity index (χ0n) is 18.5. The van der Waals surface area contributed by atoms with Crippen LogP contribution in [0.1, 0.15) is 19.4 Å². The number of sulfonamides is 1. The summed E-state index contributed by atoms with van der Waals surface area (Å²) in [5, 5.41) is 0.227. The SMILES string of the molecule is CCOc1ccc(S(=O)(=O)N(CC)CC(=O)N2CCN(Cc3ccccc3)CC2)cc1Cl. The van der Waals surface area contributed by atoms with E-state index in [1.807, 2.05) is 25.1 Å². The summed E-state index contributed by atoms with van der Waals surface area (Å²) in [7, 11) is -3.86. The summed E-state index contributed by atoms with van der Waals surface area (Å²) in [4.78, 5) is 17.0. The van der Waals surface area contributed by atoms with Gasteiger partial charge in [0.05, 0.1) is 23.1 Å². The highest BCUT2D eigenvalue weighted by atomic mass is 35.5. The highest BCUT2D eigenvalue weighted by Crippen LogP contribution is 2.28. The predicted octanol–water partition coefficient (Wildman–Crippen LogP) is 3.09. The van der Waals surface area contributed by atoms with E-state index in [1.54, 1.807) is 17.9 Å². The maximum Gasteiger partial charge on any atom is 0.243 e. The largest absolute Gasteiger partial charge is 0.492 e. The Labute approximate surface area is 195 Å². The number of hydrogen-bond acceptors (Lipinski definition) is 5. The smallest absolute Gasteiger partial charge is 0.243 e. The lowest BCUT2D eigenvalue weighted by molar-refractivity contribution is -0.133. The number of carbonyl (C=O) groups is 1. The molecule has 0 radical (unpaired) electrons. The second-order valence-electron chi connectivity index (χ2n) is 7.60. The molecule has 3 rings (SSSR count). The van der Waals surface area contributed by atoms with Gasteiger partial charge in [0.25, 0.3) is 0 Å². The van der Waals surface area contributed by atoms with Crippen molar-refractivity contribution in [3.63, 3.8) is 0 Å². The Morgan fingerprint density at radius 1 is 1.06 bits per heavy atom. The van der Waals surface area contributed by atoms with Gasteiger partial charge in [-0.3, -0.25) is 9.69 Å². The van der Waals surface area contributed by atoms with Crippen LogP contribution in [0.15, 0.2) is 53.4 Å². The second kappa shape index (κ2) is 11.1. The van der Waals surface area contributed by atoms with Crippen molar-refractivity contribution >= 4 is 27.5 Å². The number of nitrogens with zero attached hydrogens (tertiary/aromatic N) is 3. The van der Waals surface area contributed by atoms with Crippen molar-refractivity contribution in [1.29, 1.82) is 0 Å². The fourth-order valence-corrected chi connectivity index (χ4v) is 5.40. The third-order valence-corrected chi connectivity index (χ3v) is 7.69. The summed E-state index contributed by atoms with van der Waals surface area (Å²) in [5.74, 6) is 0.243. The van der Waals surface area contributed by atoms with Crippen LogP contribution in [0, 0.1) is 0 Å². The quantitative estimate of drug-likeness (QED) is 0.552. The van der Waals surface area contributed by atoms with E-state index in [4.69, 9.17) is 16.3 Å². The summed E-state index contributed by atoms with van der Waals surface area (Å²) >= 11 is 6.17. The number of amides is 1. The van der Waals surface area contributed by atoms with Crippen molar-refractivity contribution in [2.24, 2.45) is 0 Å². The molecule has 32 heavy (non-hydrogen) atoms. The highest BCUT2D eigenvalue weighted by Gasteiger charge is 2.29. The lowest BCUT2D eigenvalue weighted by Crippen LogP contribution is -2.51. The minimum atomic E-state index is -3.86. The average Bonchev–Trinajstić information content (AvgIpc) is 2.79. The number of ether oxygens (including phenoxy) is 1. The zero-order valence-corrected chi connectivity index (χ0v) is 20.1. The first-order valence-corrected chi connectivity index (χ1v) is 12.6. The number of carbonyl (C=O) groups excluding carboxylic acids is 1. The molecule has 2 aromatic rings. The molecule has 0 bridgehead atoms. The van der Waals surface area contributed by atoms with Crippen LogP contribution >= 0.6 is 11.6 Å². The van der Waals surface area contributed by atoms with Crippen LogP contribution in [-0.2, 0) is 21.4 Å². The van der Waals surface area contributed by atoms with Crippen molar-refractivity contribution in [2.45, 2.75) is 25.3 Å². The number of likely N-dealkylation sites (N-methyl/N-ethyl adjacent to an activating group) is 1. The minimum absolute atomic E-state index is 0.0493. The summed E-state index contributed by atoms with van der Waals surface area (Å²) in [6, 6.07) is 14.6. The third-order valence-electron chi connectivity index (χ3n) is 5.48. The van der Waals surface area contributed by atoms with Gasteiger partial charge in [0.15, 0.2) is 0 Å². The molecule has 7 nitrogen and oxygen atoms in total. The van der Waals surface area contributed by atoms with E-state index in [2.05, 4.69) is 17.0 Å². The molecule has 0 N–H and O–H groups in total. The van der Waals surface area contributed by atoms with Crippen molar-refractivity contribution in [1.82, 2.24) is 14.1 Å². The summed E-state index contributed by atoms with van der Waals surface area (Å²) in [6.07, 6.45) is 0. The van der Waals surface area contributed by atoms with E-state index >= 15 is 0 Å². The third kappa shape index (κ3) is 6.01. The molecule has 9 heteroatoms. The fourth-order valence-electron chi connectivity index (χ4n) is 3.68. The summed E-state index contributed by atoms with van der Waals surface area (Å²) in [6.45, 7) is 7.50. The summed E-state index contributed by atoms with van der Waals surface area (Å²) in [5.41, 5.74) is 1.24. The second-order valence-corrected chi connectivity index (χ2v) is 9.94. The van der Waals surface area contributed by atoms with E-state index in [1.165, 1.54) is 22.0 Å². The molecule has 1 saturated heterocycles. The molecule has 1 heterocycles. The van der Waals surface area contributed by atoms with Gasteiger partial charge in [0, 0.05) is 39.3 Å². The van der Waals surface area contributed by atoms with Gasteiger partial charge < -0.3 is 9.64 Å². The van der Waals surface area contributed by atoms with E-state index in [0.29, 0.717) is 25.4 Å². The molecule has 0 aromatic heterocycles. The number of rotatable bonds is 9. The van der Waals surface area contributed by atoms with Crippen molar-refractivity contribution in [3.05, 3.63) is 59.1 Å². The monoisotopic (exact) mass is 479 g/mol. The molecular formula is C23H30ClN3O4S. The first-order valence-electron chi connectivity index (χ1n) is 10.8. The first-order chi connectivity index (χ1) is 15.3. The molecule has 0 aliphatic carbocycles. The Hall–Kier alpha value is -2.13. The van der Waals surface area contributed by atoms with Crippen LogP contribution in [0.3, 0.4) is 0 Å². The van der Waals surface area contributed by atoms with Gasteiger partial charge in [-0.2, -0.15) is 4.31 Å². The van der Waals surface area contributed by atoms with Gasteiger partial charge in [-0.1, -0.05) is 48.9 Å². The molecule has 0 atom stereocenters. The fraction of sp³-hybridized carbons (Fsp3) is 0.435. The van der Waals surface area contributed by atoms with Gasteiger partial charge in [0.2, 0.25) is 15.9 Å². The Balaban J connectivity index is 1.60. The van der Waals surface area contributed by atoms with Crippen LogP contribution < -0.4 is 4.74 Å². The molecule has 2 aromatic carbocycles. The highest BCUT2D eigenvalue weighted by molar-refractivity contribution is 7.89.